The monoisotopic (exact) mass is 544 g/mol. The number of thiol groups is 1. The number of aryl methyl sites for hydroxylation is 1. The van der Waals surface area contributed by atoms with E-state index in [1.54, 1.807) is 30.1 Å². The first-order valence-electron chi connectivity index (χ1n) is 12.3. The summed E-state index contributed by atoms with van der Waals surface area (Å²) in [7, 11) is 3.51. The van der Waals surface area contributed by atoms with E-state index in [9.17, 15) is 18.4 Å². The zero-order chi connectivity index (χ0) is 27.9. The molecule has 2 heterocycles. The summed E-state index contributed by atoms with van der Waals surface area (Å²) in [5, 5.41) is 9.78. The van der Waals surface area contributed by atoms with E-state index in [1.807, 2.05) is 49.3 Å². The molecule has 0 aliphatic carbocycles. The van der Waals surface area contributed by atoms with E-state index >= 15 is 0 Å². The molecule has 0 bridgehead atoms. The molecule has 1 aromatic heterocycles. The van der Waals surface area contributed by atoms with Crippen molar-refractivity contribution in [3.63, 3.8) is 0 Å². The second-order valence-corrected chi connectivity index (χ2v) is 9.75. The van der Waals surface area contributed by atoms with Gasteiger partial charge < -0.3 is 21.3 Å². The third kappa shape index (κ3) is 7.78. The summed E-state index contributed by atoms with van der Waals surface area (Å²) in [6.45, 7) is 2.83. The van der Waals surface area contributed by atoms with Gasteiger partial charge in [-0.1, -0.05) is 12.1 Å². The molecule has 38 heavy (non-hydrogen) atoms. The molecule has 11 heteroatoms. The molecule has 204 valence electrons. The predicted molar refractivity (Wildman–Crippen MR) is 149 cm³/mol. The lowest BCUT2D eigenvalue weighted by molar-refractivity contribution is -0.117. The first-order valence-corrected chi connectivity index (χ1v) is 12.7. The predicted octanol–water partition coefficient (Wildman–Crippen LogP) is 4.25. The van der Waals surface area contributed by atoms with Crippen LogP contribution in [-0.4, -0.2) is 54.2 Å². The highest BCUT2D eigenvalue weighted by atomic mass is 32.1. The van der Waals surface area contributed by atoms with Crippen molar-refractivity contribution in [1.82, 2.24) is 15.1 Å². The molecular formula is C27H34F2N6O2S. The van der Waals surface area contributed by atoms with Crippen molar-refractivity contribution in [3.05, 3.63) is 59.9 Å². The maximum Gasteiger partial charge on any atom is 0.258 e. The molecule has 3 aromatic rings. The Balaban J connectivity index is 0.000000599. The van der Waals surface area contributed by atoms with E-state index in [0.717, 1.165) is 21.6 Å². The van der Waals surface area contributed by atoms with E-state index in [-0.39, 0.29) is 37.7 Å². The van der Waals surface area contributed by atoms with Gasteiger partial charge in [-0.15, -0.1) is 12.6 Å². The minimum atomic E-state index is -2.67. The van der Waals surface area contributed by atoms with Crippen molar-refractivity contribution < 1.29 is 18.4 Å². The van der Waals surface area contributed by atoms with Gasteiger partial charge in [0.15, 0.2) is 0 Å². The Morgan fingerprint density at radius 1 is 1.18 bits per heavy atom. The fourth-order valence-corrected chi connectivity index (χ4v) is 4.60. The molecule has 0 unspecified atom stereocenters. The van der Waals surface area contributed by atoms with Crippen LogP contribution in [0.2, 0.25) is 0 Å². The SMILES string of the molecule is CNCC(N)=O.Cc1c(-c2cnn(C)c2)ccc(N2CCCC(F)(F)CC2)c1C(=O)Nc1cccc(S)c1. The topological polar surface area (TPSA) is 105 Å². The minimum Gasteiger partial charge on any atom is -0.371 e. The van der Waals surface area contributed by atoms with Gasteiger partial charge >= 0.3 is 0 Å². The Morgan fingerprint density at radius 3 is 2.55 bits per heavy atom. The Labute approximate surface area is 227 Å². The van der Waals surface area contributed by atoms with Gasteiger partial charge in [0.25, 0.3) is 5.91 Å². The van der Waals surface area contributed by atoms with Gasteiger partial charge in [0.2, 0.25) is 11.8 Å². The van der Waals surface area contributed by atoms with Crippen LogP contribution in [0.3, 0.4) is 0 Å². The van der Waals surface area contributed by atoms with Gasteiger partial charge in [0.05, 0.1) is 18.3 Å². The number of nitrogens with two attached hydrogens (primary N) is 1. The number of alkyl halides is 2. The normalized spacial score (nSPS) is 14.7. The molecule has 0 radical (unpaired) electrons. The summed E-state index contributed by atoms with van der Waals surface area (Å²) >= 11 is 4.34. The number of primary amides is 1. The molecule has 1 aliphatic rings. The van der Waals surface area contributed by atoms with E-state index in [4.69, 9.17) is 5.73 Å². The van der Waals surface area contributed by atoms with E-state index < -0.39 is 5.92 Å². The van der Waals surface area contributed by atoms with Crippen molar-refractivity contribution >= 4 is 35.8 Å². The van der Waals surface area contributed by atoms with Crippen LogP contribution >= 0.6 is 12.6 Å². The van der Waals surface area contributed by atoms with Crippen molar-refractivity contribution in [3.8, 4) is 11.1 Å². The van der Waals surface area contributed by atoms with Gasteiger partial charge in [-0.25, -0.2) is 8.78 Å². The van der Waals surface area contributed by atoms with Gasteiger partial charge in [0, 0.05) is 61.0 Å². The highest BCUT2D eigenvalue weighted by molar-refractivity contribution is 7.80. The molecule has 1 fully saturated rings. The summed E-state index contributed by atoms with van der Waals surface area (Å²) in [4.78, 5) is 25.9. The smallest absolute Gasteiger partial charge is 0.258 e. The lowest BCUT2D eigenvalue weighted by Crippen LogP contribution is -2.29. The quantitative estimate of drug-likeness (QED) is 0.347. The third-order valence-corrected chi connectivity index (χ3v) is 6.48. The minimum absolute atomic E-state index is 0.132. The van der Waals surface area contributed by atoms with Crippen LogP contribution in [0.4, 0.5) is 20.2 Å². The first kappa shape index (κ1) is 29.1. The van der Waals surface area contributed by atoms with Crippen LogP contribution in [0.5, 0.6) is 0 Å². The molecule has 4 rings (SSSR count). The number of nitrogens with one attached hydrogen (secondary N) is 2. The van der Waals surface area contributed by atoms with Crippen LogP contribution in [0.25, 0.3) is 11.1 Å². The summed E-state index contributed by atoms with van der Waals surface area (Å²) < 4.78 is 29.7. The zero-order valence-electron chi connectivity index (χ0n) is 21.8. The van der Waals surface area contributed by atoms with Crippen molar-refractivity contribution in [2.24, 2.45) is 12.8 Å². The average molecular weight is 545 g/mol. The number of anilines is 2. The number of hydrogen-bond donors (Lipinski definition) is 4. The number of amides is 2. The lowest BCUT2D eigenvalue weighted by atomic mass is 9.95. The van der Waals surface area contributed by atoms with Gasteiger partial charge in [0.1, 0.15) is 0 Å². The van der Waals surface area contributed by atoms with Gasteiger partial charge in [-0.3, -0.25) is 14.3 Å². The molecule has 0 spiro atoms. The largest absolute Gasteiger partial charge is 0.371 e. The number of halogens is 2. The fraction of sp³-hybridized carbons (Fsp3) is 0.370. The van der Waals surface area contributed by atoms with Crippen molar-refractivity contribution in [2.75, 3.05) is 36.9 Å². The summed E-state index contributed by atoms with van der Waals surface area (Å²) in [6, 6.07) is 11.0. The molecule has 1 aliphatic heterocycles. The summed E-state index contributed by atoms with van der Waals surface area (Å²) in [6.07, 6.45) is 3.66. The molecule has 0 saturated carbocycles. The van der Waals surface area contributed by atoms with Crippen molar-refractivity contribution in [2.45, 2.75) is 37.0 Å². The van der Waals surface area contributed by atoms with Crippen LogP contribution in [0.15, 0.2) is 53.7 Å². The highest BCUT2D eigenvalue weighted by Crippen LogP contribution is 2.36. The number of aromatic nitrogens is 2. The Bertz CT molecular complexity index is 1280. The van der Waals surface area contributed by atoms with Gasteiger partial charge in [-0.2, -0.15) is 5.10 Å². The number of carbonyl (C=O) groups excluding carboxylic acids is 2. The fourth-order valence-electron chi connectivity index (χ4n) is 4.38. The van der Waals surface area contributed by atoms with Gasteiger partial charge in [-0.05, 0) is 55.8 Å². The summed E-state index contributed by atoms with van der Waals surface area (Å²) in [5.74, 6) is -3.27. The highest BCUT2D eigenvalue weighted by Gasteiger charge is 2.33. The van der Waals surface area contributed by atoms with Crippen LogP contribution < -0.4 is 21.3 Å². The van der Waals surface area contributed by atoms with E-state index in [1.165, 1.54) is 0 Å². The van der Waals surface area contributed by atoms with Crippen molar-refractivity contribution in [1.29, 1.82) is 0 Å². The molecule has 2 amide bonds. The zero-order valence-corrected chi connectivity index (χ0v) is 22.7. The van der Waals surface area contributed by atoms with E-state index in [2.05, 4.69) is 28.4 Å². The van der Waals surface area contributed by atoms with Crippen LogP contribution in [-0.2, 0) is 11.8 Å². The molecule has 0 atom stereocenters. The maximum absolute atomic E-state index is 14.0. The Kier molecular flexibility index (Phi) is 9.87. The third-order valence-electron chi connectivity index (χ3n) is 6.20. The molecule has 1 saturated heterocycles. The van der Waals surface area contributed by atoms with Crippen LogP contribution in [0, 0.1) is 6.92 Å². The number of rotatable bonds is 6. The van der Waals surface area contributed by atoms with E-state index in [0.29, 0.717) is 29.9 Å². The number of benzene rings is 2. The maximum atomic E-state index is 14.0. The average Bonchev–Trinajstić information content (AvgIpc) is 3.18. The molecule has 2 aromatic carbocycles. The summed E-state index contributed by atoms with van der Waals surface area (Å²) in [5.41, 5.74) is 9.05. The lowest BCUT2D eigenvalue weighted by Gasteiger charge is -2.27. The number of likely N-dealkylation sites (N-methyl/N-ethyl adjacent to an activating group) is 1. The Morgan fingerprint density at radius 2 is 1.95 bits per heavy atom. The number of hydrogen-bond acceptors (Lipinski definition) is 6. The molecular weight excluding hydrogens is 510 g/mol. The standard InChI is InChI=1S/C24H26F2N4OS.C3H8N2O/c1-16-20(17-14-27-29(2)15-17)7-8-21(30-11-4-9-24(25,26)10-12-30)22(16)23(31)28-18-5-3-6-19(32)13-18;1-5-2-3(4)6/h3,5-8,13-15,32H,4,9-12H2,1-2H3,(H,28,31);5H,2H2,1H3,(H2,4,6). The second kappa shape index (κ2) is 12.9. The molecule has 8 nitrogen and oxygen atoms in total. The second-order valence-electron chi connectivity index (χ2n) is 9.23. The molecule has 4 N–H and O–H groups in total. The number of nitrogens with zero attached hydrogens (tertiary/aromatic N) is 3. The van der Waals surface area contributed by atoms with Crippen LogP contribution in [0.1, 0.15) is 35.2 Å². The first-order chi connectivity index (χ1) is 18.0. The number of carbonyl (C=O) groups is 2. The Hall–Kier alpha value is -3.44.